The molecule has 3 heteroatoms. The van der Waals surface area contributed by atoms with Crippen LogP contribution in [0.25, 0.3) is 6.08 Å². The van der Waals surface area contributed by atoms with Crippen molar-refractivity contribution >= 4 is 25.3 Å². The molecular formula is C20H24O2Si. The maximum atomic E-state index is 11.9. The lowest BCUT2D eigenvalue weighted by molar-refractivity contribution is -0.140. The zero-order valence-electron chi connectivity index (χ0n) is 14.0. The van der Waals surface area contributed by atoms with Crippen molar-refractivity contribution in [2.75, 3.05) is 7.11 Å². The van der Waals surface area contributed by atoms with Crippen LogP contribution in [0.5, 0.6) is 0 Å². The molecule has 0 aliphatic rings. The molecule has 0 aliphatic carbocycles. The molecule has 0 radical (unpaired) electrons. The van der Waals surface area contributed by atoms with Crippen LogP contribution in [-0.2, 0) is 9.53 Å². The highest BCUT2D eigenvalue weighted by Crippen LogP contribution is 2.28. The average Bonchev–Trinajstić information content (AvgIpc) is 2.59. The molecule has 2 nitrogen and oxygen atoms in total. The standard InChI is InChI=1S/C20H24O2Si/c1-22-20(21)16-19(15-14-17-10-6-4-7-11-17)23(2,3)18-12-8-5-9-13-18/h4-15,19H,16H2,1-3H3/b15-14+/t19-/m0/s1. The monoisotopic (exact) mass is 324 g/mol. The lowest BCUT2D eigenvalue weighted by Gasteiger charge is -2.30. The highest BCUT2D eigenvalue weighted by Gasteiger charge is 2.33. The highest BCUT2D eigenvalue weighted by molar-refractivity contribution is 6.91. The molecule has 0 aliphatic heterocycles. The average molecular weight is 324 g/mol. The summed E-state index contributed by atoms with van der Waals surface area (Å²) in [5.74, 6) is -0.149. The van der Waals surface area contributed by atoms with Crippen molar-refractivity contribution in [2.45, 2.75) is 25.1 Å². The summed E-state index contributed by atoms with van der Waals surface area (Å²) in [6.07, 6.45) is 4.73. The normalized spacial score (nSPS) is 13.0. The Balaban J connectivity index is 2.30. The number of allylic oxidation sites excluding steroid dienone is 1. The molecule has 120 valence electrons. The van der Waals surface area contributed by atoms with Gasteiger partial charge in [-0.3, -0.25) is 4.79 Å². The van der Waals surface area contributed by atoms with Crippen molar-refractivity contribution in [3.05, 3.63) is 72.3 Å². The van der Waals surface area contributed by atoms with Gasteiger partial charge in [-0.05, 0) is 11.1 Å². The van der Waals surface area contributed by atoms with E-state index < -0.39 is 8.07 Å². The number of hydrogen-bond donors (Lipinski definition) is 0. The predicted molar refractivity (Wildman–Crippen MR) is 99.4 cm³/mol. The molecule has 2 aromatic carbocycles. The molecule has 23 heavy (non-hydrogen) atoms. The Kier molecular flexibility index (Phi) is 5.94. The minimum Gasteiger partial charge on any atom is -0.469 e. The van der Waals surface area contributed by atoms with Crippen LogP contribution in [0.15, 0.2) is 66.7 Å². The van der Waals surface area contributed by atoms with Gasteiger partial charge in [0.2, 0.25) is 0 Å². The van der Waals surface area contributed by atoms with E-state index in [9.17, 15) is 4.79 Å². The summed E-state index contributed by atoms with van der Waals surface area (Å²) >= 11 is 0. The summed E-state index contributed by atoms with van der Waals surface area (Å²) in [7, 11) is -0.374. The van der Waals surface area contributed by atoms with Gasteiger partial charge in [0.15, 0.2) is 0 Å². The van der Waals surface area contributed by atoms with Gasteiger partial charge >= 0.3 is 5.97 Å². The second-order valence-electron chi connectivity index (χ2n) is 6.24. The first-order chi connectivity index (χ1) is 11.0. The first kappa shape index (κ1) is 17.2. The van der Waals surface area contributed by atoms with Crippen LogP contribution in [0.2, 0.25) is 18.6 Å². The van der Waals surface area contributed by atoms with Gasteiger partial charge in [-0.2, -0.15) is 0 Å². The SMILES string of the molecule is COC(=O)C[C@H](/C=C/c1ccccc1)[Si](C)(C)c1ccccc1. The number of rotatable bonds is 6. The van der Waals surface area contributed by atoms with Gasteiger partial charge < -0.3 is 4.74 Å². The van der Waals surface area contributed by atoms with Crippen molar-refractivity contribution in [3.8, 4) is 0 Å². The van der Waals surface area contributed by atoms with Crippen LogP contribution in [-0.4, -0.2) is 21.2 Å². The number of ether oxygens (including phenoxy) is 1. The molecule has 0 aromatic heterocycles. The van der Waals surface area contributed by atoms with Gasteiger partial charge in [-0.1, -0.05) is 91.1 Å². The second kappa shape index (κ2) is 7.93. The Morgan fingerprint density at radius 2 is 1.61 bits per heavy atom. The highest BCUT2D eigenvalue weighted by atomic mass is 28.3. The Hall–Kier alpha value is -2.13. The molecule has 0 spiro atoms. The number of benzene rings is 2. The molecule has 1 atom stereocenters. The molecular weight excluding hydrogens is 300 g/mol. The minimum atomic E-state index is -1.83. The molecule has 0 unspecified atom stereocenters. The zero-order valence-corrected chi connectivity index (χ0v) is 15.0. The first-order valence-electron chi connectivity index (χ1n) is 7.89. The largest absolute Gasteiger partial charge is 0.469 e. The van der Waals surface area contributed by atoms with Crippen molar-refractivity contribution in [1.29, 1.82) is 0 Å². The van der Waals surface area contributed by atoms with E-state index in [4.69, 9.17) is 4.74 Å². The van der Waals surface area contributed by atoms with Crippen LogP contribution in [0.1, 0.15) is 12.0 Å². The number of carbonyl (C=O) groups is 1. The van der Waals surface area contributed by atoms with E-state index in [0.29, 0.717) is 6.42 Å². The summed E-state index contributed by atoms with van der Waals surface area (Å²) in [6, 6.07) is 20.7. The van der Waals surface area contributed by atoms with Gasteiger partial charge in [0.05, 0.1) is 15.2 Å². The van der Waals surface area contributed by atoms with E-state index >= 15 is 0 Å². The lowest BCUT2D eigenvalue weighted by atomic mass is 10.2. The fourth-order valence-corrected chi connectivity index (χ4v) is 5.43. The summed E-state index contributed by atoms with van der Waals surface area (Å²) in [4.78, 5) is 11.9. The zero-order chi connectivity index (χ0) is 16.7. The van der Waals surface area contributed by atoms with Crippen LogP contribution < -0.4 is 5.19 Å². The Labute approximate surface area is 139 Å². The van der Waals surface area contributed by atoms with Gasteiger partial charge in [-0.15, -0.1) is 0 Å². The topological polar surface area (TPSA) is 26.3 Å². The summed E-state index contributed by atoms with van der Waals surface area (Å²) < 4.78 is 4.91. The fourth-order valence-electron chi connectivity index (χ4n) is 2.70. The van der Waals surface area contributed by atoms with Crippen molar-refractivity contribution in [2.24, 2.45) is 0 Å². The van der Waals surface area contributed by atoms with Gasteiger partial charge in [0, 0.05) is 6.42 Å². The van der Waals surface area contributed by atoms with E-state index in [2.05, 4.69) is 61.6 Å². The number of methoxy groups -OCH3 is 1. The molecule has 0 bridgehead atoms. The molecule has 0 amide bonds. The quantitative estimate of drug-likeness (QED) is 0.586. The first-order valence-corrected chi connectivity index (χ1v) is 11.0. The maximum Gasteiger partial charge on any atom is 0.305 e. The molecule has 2 aromatic rings. The molecule has 0 N–H and O–H groups in total. The van der Waals surface area contributed by atoms with Crippen molar-refractivity contribution in [3.63, 3.8) is 0 Å². The molecule has 0 fully saturated rings. The summed E-state index contributed by atoms with van der Waals surface area (Å²) in [6.45, 7) is 4.62. The third-order valence-electron chi connectivity index (χ3n) is 4.38. The molecule has 0 saturated heterocycles. The smallest absolute Gasteiger partial charge is 0.305 e. The molecule has 0 heterocycles. The third-order valence-corrected chi connectivity index (χ3v) is 8.45. The second-order valence-corrected chi connectivity index (χ2v) is 11.0. The van der Waals surface area contributed by atoms with E-state index in [1.165, 1.54) is 12.3 Å². The summed E-state index contributed by atoms with van der Waals surface area (Å²) in [5, 5.41) is 1.35. The Bertz CT molecular complexity index is 648. The number of carbonyl (C=O) groups excluding carboxylic acids is 1. The predicted octanol–water partition coefficient (Wildman–Crippen LogP) is 4.25. The van der Waals surface area contributed by atoms with Gasteiger partial charge in [0.1, 0.15) is 0 Å². The summed E-state index contributed by atoms with van der Waals surface area (Å²) in [5.41, 5.74) is 1.35. The van der Waals surface area contributed by atoms with Crippen LogP contribution in [0.4, 0.5) is 0 Å². The van der Waals surface area contributed by atoms with Gasteiger partial charge in [-0.25, -0.2) is 0 Å². The fraction of sp³-hybridized carbons (Fsp3) is 0.250. The Morgan fingerprint density at radius 1 is 1.04 bits per heavy atom. The lowest BCUT2D eigenvalue weighted by Crippen LogP contribution is -2.46. The van der Waals surface area contributed by atoms with E-state index in [0.717, 1.165) is 5.56 Å². The van der Waals surface area contributed by atoms with E-state index in [1.54, 1.807) is 0 Å². The van der Waals surface area contributed by atoms with Crippen molar-refractivity contribution in [1.82, 2.24) is 0 Å². The Morgan fingerprint density at radius 3 is 2.17 bits per heavy atom. The number of hydrogen-bond acceptors (Lipinski definition) is 2. The number of esters is 1. The third kappa shape index (κ3) is 4.67. The molecule has 0 saturated carbocycles. The van der Waals surface area contributed by atoms with Crippen LogP contribution in [0, 0.1) is 0 Å². The van der Waals surface area contributed by atoms with E-state index in [1.807, 2.05) is 24.3 Å². The maximum absolute atomic E-state index is 11.9. The van der Waals surface area contributed by atoms with Crippen molar-refractivity contribution < 1.29 is 9.53 Å². The molecule has 2 rings (SSSR count). The van der Waals surface area contributed by atoms with Crippen LogP contribution >= 0.6 is 0 Å². The van der Waals surface area contributed by atoms with E-state index in [-0.39, 0.29) is 11.5 Å². The minimum absolute atomic E-state index is 0.149. The van der Waals surface area contributed by atoms with Crippen LogP contribution in [0.3, 0.4) is 0 Å². The van der Waals surface area contributed by atoms with Gasteiger partial charge in [0.25, 0.3) is 0 Å².